The van der Waals surface area contributed by atoms with Crippen molar-refractivity contribution in [3.8, 4) is 0 Å². The summed E-state index contributed by atoms with van der Waals surface area (Å²) in [5.41, 5.74) is 1.69. The molecule has 110 valence electrons. The predicted octanol–water partition coefficient (Wildman–Crippen LogP) is 2.25. The summed E-state index contributed by atoms with van der Waals surface area (Å²) in [5, 5.41) is 8.32. The lowest BCUT2D eigenvalue weighted by Crippen LogP contribution is -2.46. The van der Waals surface area contributed by atoms with E-state index in [1.54, 1.807) is 6.07 Å². The maximum absolute atomic E-state index is 13.7. The average molecular weight is 286 g/mol. The van der Waals surface area contributed by atoms with Gasteiger partial charge in [0.15, 0.2) is 5.82 Å². The monoisotopic (exact) mass is 286 g/mol. The van der Waals surface area contributed by atoms with Crippen molar-refractivity contribution < 1.29 is 4.39 Å². The Bertz CT molecular complexity index is 591. The van der Waals surface area contributed by atoms with E-state index in [-0.39, 0.29) is 5.82 Å². The molecule has 1 fully saturated rings. The lowest BCUT2D eigenvalue weighted by atomic mass is 10.2. The van der Waals surface area contributed by atoms with Gasteiger partial charge < -0.3 is 4.90 Å². The van der Waals surface area contributed by atoms with Gasteiger partial charge in [-0.25, -0.2) is 4.39 Å². The molecule has 0 radical (unpaired) electrons. The van der Waals surface area contributed by atoms with Crippen LogP contribution < -0.4 is 4.90 Å². The van der Waals surface area contributed by atoms with Gasteiger partial charge in [-0.1, -0.05) is 18.2 Å². The Balaban J connectivity index is 1.58. The van der Waals surface area contributed by atoms with Gasteiger partial charge in [-0.3, -0.25) is 4.90 Å². The van der Waals surface area contributed by atoms with Gasteiger partial charge in [0.05, 0.1) is 5.69 Å². The molecule has 5 heteroatoms. The molecule has 0 aliphatic carbocycles. The van der Waals surface area contributed by atoms with Crippen LogP contribution in [-0.4, -0.2) is 41.3 Å². The summed E-state index contributed by atoms with van der Waals surface area (Å²) in [4.78, 5) is 4.50. The Morgan fingerprint density at radius 2 is 1.76 bits per heavy atom. The largest absolute Gasteiger partial charge is 0.353 e. The van der Waals surface area contributed by atoms with Gasteiger partial charge in [0.25, 0.3) is 0 Å². The molecule has 2 heterocycles. The molecule has 0 bridgehead atoms. The molecule has 3 rings (SSSR count). The maximum Gasteiger partial charge on any atom is 0.151 e. The summed E-state index contributed by atoms with van der Waals surface area (Å²) < 4.78 is 13.7. The number of aromatic nitrogens is 2. The third-order valence-electron chi connectivity index (χ3n) is 3.83. The second-order valence-corrected chi connectivity index (χ2v) is 5.39. The Morgan fingerprint density at radius 1 is 1.00 bits per heavy atom. The normalized spacial score (nSPS) is 16.2. The van der Waals surface area contributed by atoms with Crippen molar-refractivity contribution in [3.05, 3.63) is 53.5 Å². The summed E-state index contributed by atoms with van der Waals surface area (Å²) in [6, 6.07) is 11.0. The van der Waals surface area contributed by atoms with Gasteiger partial charge in [0, 0.05) is 38.3 Å². The van der Waals surface area contributed by atoms with E-state index in [0.29, 0.717) is 6.54 Å². The van der Waals surface area contributed by atoms with E-state index in [4.69, 9.17) is 0 Å². The lowest BCUT2D eigenvalue weighted by molar-refractivity contribution is 0.246. The van der Waals surface area contributed by atoms with E-state index in [1.165, 1.54) is 6.07 Å². The highest BCUT2D eigenvalue weighted by molar-refractivity contribution is 5.37. The topological polar surface area (TPSA) is 32.3 Å². The fourth-order valence-electron chi connectivity index (χ4n) is 2.56. The number of aryl methyl sites for hydroxylation is 1. The predicted molar refractivity (Wildman–Crippen MR) is 80.7 cm³/mol. The Morgan fingerprint density at radius 3 is 2.43 bits per heavy atom. The van der Waals surface area contributed by atoms with Crippen LogP contribution in [0.3, 0.4) is 0 Å². The first-order valence-corrected chi connectivity index (χ1v) is 7.23. The molecule has 2 aromatic rings. The van der Waals surface area contributed by atoms with Gasteiger partial charge in [0.2, 0.25) is 0 Å². The van der Waals surface area contributed by atoms with Crippen LogP contribution in [0.4, 0.5) is 10.2 Å². The Labute approximate surface area is 124 Å². The van der Waals surface area contributed by atoms with Crippen LogP contribution in [0.5, 0.6) is 0 Å². The number of halogens is 1. The Hall–Kier alpha value is -2.01. The van der Waals surface area contributed by atoms with Crippen LogP contribution in [0.15, 0.2) is 36.4 Å². The minimum Gasteiger partial charge on any atom is -0.353 e. The van der Waals surface area contributed by atoms with Crippen LogP contribution >= 0.6 is 0 Å². The van der Waals surface area contributed by atoms with Crippen molar-refractivity contribution in [2.24, 2.45) is 0 Å². The first kappa shape index (κ1) is 13.9. The molecule has 1 aliphatic heterocycles. The van der Waals surface area contributed by atoms with Crippen LogP contribution in [0.2, 0.25) is 0 Å². The van der Waals surface area contributed by atoms with Gasteiger partial charge in [0.1, 0.15) is 5.82 Å². The number of piperazine rings is 1. The molecule has 0 spiro atoms. The fraction of sp³-hybridized carbons (Fsp3) is 0.375. The minimum atomic E-state index is -0.121. The maximum atomic E-state index is 13.7. The summed E-state index contributed by atoms with van der Waals surface area (Å²) in [6.45, 7) is 6.20. The zero-order valence-electron chi connectivity index (χ0n) is 12.2. The van der Waals surface area contributed by atoms with E-state index < -0.39 is 0 Å². The number of hydrogen-bond donors (Lipinski definition) is 0. The van der Waals surface area contributed by atoms with Crippen molar-refractivity contribution in [1.29, 1.82) is 0 Å². The molecule has 21 heavy (non-hydrogen) atoms. The number of anilines is 1. The van der Waals surface area contributed by atoms with Crippen LogP contribution in [0.25, 0.3) is 0 Å². The van der Waals surface area contributed by atoms with Crippen molar-refractivity contribution in [2.75, 3.05) is 31.1 Å². The molecular formula is C16H19FN4. The standard InChI is InChI=1S/C16H19FN4/c1-13-6-7-16(19-18-13)21-10-8-20(9-11-21)12-14-4-2-3-5-15(14)17/h2-7H,8-12H2,1H3. The molecule has 0 amide bonds. The number of benzene rings is 1. The number of rotatable bonds is 3. The summed E-state index contributed by atoms with van der Waals surface area (Å²) in [7, 11) is 0. The Kier molecular flexibility index (Phi) is 4.10. The molecule has 1 saturated heterocycles. The summed E-state index contributed by atoms with van der Waals surface area (Å²) in [6.07, 6.45) is 0. The molecule has 4 nitrogen and oxygen atoms in total. The van der Waals surface area contributed by atoms with E-state index in [9.17, 15) is 4.39 Å². The molecular weight excluding hydrogens is 267 g/mol. The van der Waals surface area contributed by atoms with E-state index in [0.717, 1.165) is 43.3 Å². The van der Waals surface area contributed by atoms with Gasteiger partial charge in [-0.15, -0.1) is 5.10 Å². The molecule has 1 aliphatic rings. The number of hydrogen-bond acceptors (Lipinski definition) is 4. The molecule has 1 aromatic heterocycles. The zero-order chi connectivity index (χ0) is 14.7. The van der Waals surface area contributed by atoms with Gasteiger partial charge in [-0.05, 0) is 25.1 Å². The smallest absolute Gasteiger partial charge is 0.151 e. The van der Waals surface area contributed by atoms with E-state index in [1.807, 2.05) is 31.2 Å². The SMILES string of the molecule is Cc1ccc(N2CCN(Cc3ccccc3F)CC2)nn1. The van der Waals surface area contributed by atoms with Crippen molar-refractivity contribution in [2.45, 2.75) is 13.5 Å². The lowest BCUT2D eigenvalue weighted by Gasteiger charge is -2.35. The van der Waals surface area contributed by atoms with Crippen LogP contribution in [0, 0.1) is 12.7 Å². The first-order chi connectivity index (χ1) is 10.2. The molecule has 0 N–H and O–H groups in total. The van der Waals surface area contributed by atoms with Crippen LogP contribution in [0.1, 0.15) is 11.3 Å². The third-order valence-corrected chi connectivity index (χ3v) is 3.83. The van der Waals surface area contributed by atoms with E-state index >= 15 is 0 Å². The van der Waals surface area contributed by atoms with Gasteiger partial charge >= 0.3 is 0 Å². The molecule has 0 saturated carbocycles. The highest BCUT2D eigenvalue weighted by Gasteiger charge is 2.19. The highest BCUT2D eigenvalue weighted by atomic mass is 19.1. The third kappa shape index (κ3) is 3.36. The summed E-state index contributed by atoms with van der Waals surface area (Å²) in [5.74, 6) is 0.801. The second-order valence-electron chi connectivity index (χ2n) is 5.39. The molecule has 1 aromatic carbocycles. The van der Waals surface area contributed by atoms with E-state index in [2.05, 4.69) is 20.0 Å². The molecule has 0 unspecified atom stereocenters. The second kappa shape index (κ2) is 6.18. The fourth-order valence-corrected chi connectivity index (χ4v) is 2.56. The van der Waals surface area contributed by atoms with Crippen molar-refractivity contribution in [3.63, 3.8) is 0 Å². The molecule has 0 atom stereocenters. The average Bonchev–Trinajstić information content (AvgIpc) is 2.51. The van der Waals surface area contributed by atoms with Crippen LogP contribution in [-0.2, 0) is 6.54 Å². The zero-order valence-corrected chi connectivity index (χ0v) is 12.2. The van der Waals surface area contributed by atoms with Crippen molar-refractivity contribution >= 4 is 5.82 Å². The first-order valence-electron chi connectivity index (χ1n) is 7.23. The number of nitrogens with zero attached hydrogens (tertiary/aromatic N) is 4. The quantitative estimate of drug-likeness (QED) is 0.866. The van der Waals surface area contributed by atoms with Crippen molar-refractivity contribution in [1.82, 2.24) is 15.1 Å². The minimum absolute atomic E-state index is 0.121. The van der Waals surface area contributed by atoms with Gasteiger partial charge in [-0.2, -0.15) is 5.10 Å². The highest BCUT2D eigenvalue weighted by Crippen LogP contribution is 2.15. The summed E-state index contributed by atoms with van der Waals surface area (Å²) >= 11 is 0.